The highest BCUT2D eigenvalue weighted by molar-refractivity contribution is 6.30. The van der Waals surface area contributed by atoms with Gasteiger partial charge in [0.25, 0.3) is 0 Å². The standard InChI is InChI=1S/C40H26F2/c41-29-15-11-27(12-16-29)37-24-38(28-13-17-30(42)18-14-28)34-22-20-32-36(26-9-5-2-6-10-26)23-35(25-7-3-1-4-8-25)31-19-21-33(37)40(34)39(31)32/h1-9,11-24,26H,10H2. The Morgan fingerprint density at radius 2 is 0.976 bits per heavy atom. The number of hydrogen-bond donors (Lipinski definition) is 0. The summed E-state index contributed by atoms with van der Waals surface area (Å²) >= 11 is 0. The van der Waals surface area contributed by atoms with Gasteiger partial charge in [-0.05, 0) is 114 Å². The molecule has 0 heterocycles. The molecule has 7 aromatic carbocycles. The molecule has 0 nitrogen and oxygen atoms in total. The lowest BCUT2D eigenvalue weighted by Crippen LogP contribution is -2.00. The summed E-state index contributed by atoms with van der Waals surface area (Å²) in [6.07, 6.45) is 9.76. The third-order valence-corrected chi connectivity index (χ3v) is 8.71. The number of benzene rings is 7. The molecule has 0 bridgehead atoms. The highest BCUT2D eigenvalue weighted by atomic mass is 19.1. The van der Waals surface area contributed by atoms with Crippen LogP contribution in [0.15, 0.2) is 140 Å². The van der Waals surface area contributed by atoms with E-state index in [1.807, 2.05) is 24.3 Å². The fourth-order valence-corrected chi connectivity index (χ4v) is 6.73. The lowest BCUT2D eigenvalue weighted by Gasteiger charge is -2.23. The van der Waals surface area contributed by atoms with Crippen LogP contribution in [0.25, 0.3) is 65.7 Å². The van der Waals surface area contributed by atoms with Crippen LogP contribution in [-0.4, -0.2) is 0 Å². The lowest BCUT2D eigenvalue weighted by molar-refractivity contribution is 0.627. The van der Waals surface area contributed by atoms with Crippen molar-refractivity contribution in [3.63, 3.8) is 0 Å². The highest BCUT2D eigenvalue weighted by Crippen LogP contribution is 2.48. The molecule has 7 aromatic rings. The molecular formula is C40H26F2. The molecule has 2 heteroatoms. The van der Waals surface area contributed by atoms with Crippen molar-refractivity contribution in [2.45, 2.75) is 12.3 Å². The van der Waals surface area contributed by atoms with Crippen molar-refractivity contribution in [2.24, 2.45) is 0 Å². The normalized spacial score (nSPS) is 14.9. The monoisotopic (exact) mass is 544 g/mol. The van der Waals surface area contributed by atoms with Gasteiger partial charge in [-0.25, -0.2) is 8.78 Å². The summed E-state index contributed by atoms with van der Waals surface area (Å²) in [5, 5.41) is 7.10. The summed E-state index contributed by atoms with van der Waals surface area (Å²) < 4.78 is 28.0. The van der Waals surface area contributed by atoms with Crippen LogP contribution in [0.3, 0.4) is 0 Å². The third-order valence-electron chi connectivity index (χ3n) is 8.71. The highest BCUT2D eigenvalue weighted by Gasteiger charge is 2.22. The molecule has 8 rings (SSSR count). The van der Waals surface area contributed by atoms with Gasteiger partial charge in [0.1, 0.15) is 11.6 Å². The molecule has 200 valence electrons. The average Bonchev–Trinajstić information content (AvgIpc) is 3.05. The first-order valence-corrected chi connectivity index (χ1v) is 14.3. The molecule has 0 radical (unpaired) electrons. The zero-order valence-electron chi connectivity index (χ0n) is 22.8. The van der Waals surface area contributed by atoms with Gasteiger partial charge >= 0.3 is 0 Å². The summed E-state index contributed by atoms with van der Waals surface area (Å²) in [5.41, 5.74) is 7.66. The van der Waals surface area contributed by atoms with E-state index in [1.54, 1.807) is 0 Å². The number of halogens is 2. The second-order valence-electron chi connectivity index (χ2n) is 11.1. The number of allylic oxidation sites excluding steroid dienone is 4. The van der Waals surface area contributed by atoms with Gasteiger partial charge in [-0.1, -0.05) is 103 Å². The molecule has 0 fully saturated rings. The van der Waals surface area contributed by atoms with E-state index in [2.05, 4.69) is 91.0 Å². The maximum absolute atomic E-state index is 14.0. The Hall–Kier alpha value is -5.08. The van der Waals surface area contributed by atoms with Crippen LogP contribution in [0, 0.1) is 11.6 Å². The first kappa shape index (κ1) is 24.7. The van der Waals surface area contributed by atoms with E-state index in [0.29, 0.717) is 0 Å². The second-order valence-corrected chi connectivity index (χ2v) is 11.1. The maximum Gasteiger partial charge on any atom is 0.123 e. The van der Waals surface area contributed by atoms with Crippen LogP contribution in [0.2, 0.25) is 0 Å². The van der Waals surface area contributed by atoms with E-state index >= 15 is 0 Å². The molecule has 0 aromatic heterocycles. The predicted octanol–water partition coefficient (Wildman–Crippen LogP) is 11.5. The van der Waals surface area contributed by atoms with E-state index in [9.17, 15) is 8.78 Å². The average molecular weight is 545 g/mol. The van der Waals surface area contributed by atoms with Crippen molar-refractivity contribution in [3.05, 3.63) is 157 Å². The van der Waals surface area contributed by atoms with Crippen LogP contribution in [0.1, 0.15) is 17.9 Å². The van der Waals surface area contributed by atoms with Gasteiger partial charge < -0.3 is 0 Å². The molecule has 42 heavy (non-hydrogen) atoms. The topological polar surface area (TPSA) is 0 Å². The zero-order valence-corrected chi connectivity index (χ0v) is 22.8. The third kappa shape index (κ3) is 3.94. The second kappa shape index (κ2) is 9.78. The molecule has 0 saturated carbocycles. The minimum absolute atomic E-state index is 0.262. The quantitative estimate of drug-likeness (QED) is 0.193. The van der Waals surface area contributed by atoms with Crippen LogP contribution < -0.4 is 0 Å². The molecule has 0 aliphatic heterocycles. The van der Waals surface area contributed by atoms with Crippen molar-refractivity contribution in [2.75, 3.05) is 0 Å². The van der Waals surface area contributed by atoms with Crippen molar-refractivity contribution in [1.82, 2.24) is 0 Å². The maximum atomic E-state index is 14.0. The number of hydrogen-bond acceptors (Lipinski definition) is 0. The largest absolute Gasteiger partial charge is 0.207 e. The van der Waals surface area contributed by atoms with Gasteiger partial charge in [0.2, 0.25) is 0 Å². The van der Waals surface area contributed by atoms with Gasteiger partial charge in [-0.2, -0.15) is 0 Å². The van der Waals surface area contributed by atoms with Crippen molar-refractivity contribution in [1.29, 1.82) is 0 Å². The SMILES string of the molecule is Fc1ccc(-c2cc(-c3ccc(F)cc3)c3ccc4c(C5C=CC=CC5)cc(-c5ccccc5)c5ccc2c3c54)cc1. The Kier molecular flexibility index (Phi) is 5.75. The van der Waals surface area contributed by atoms with Crippen LogP contribution in [0.4, 0.5) is 8.78 Å². The van der Waals surface area contributed by atoms with Gasteiger partial charge in [0.15, 0.2) is 0 Å². The first-order valence-electron chi connectivity index (χ1n) is 14.3. The predicted molar refractivity (Wildman–Crippen MR) is 172 cm³/mol. The number of rotatable bonds is 4. The molecule has 0 spiro atoms. The Morgan fingerprint density at radius 3 is 1.52 bits per heavy atom. The van der Waals surface area contributed by atoms with E-state index in [4.69, 9.17) is 0 Å². The molecule has 1 aliphatic carbocycles. The fourth-order valence-electron chi connectivity index (χ4n) is 6.73. The molecule has 0 amide bonds. The molecule has 0 N–H and O–H groups in total. The molecule has 1 aliphatic rings. The molecule has 1 unspecified atom stereocenters. The van der Waals surface area contributed by atoms with Crippen molar-refractivity contribution < 1.29 is 8.78 Å². The van der Waals surface area contributed by atoms with Gasteiger partial charge in [0.05, 0.1) is 0 Å². The van der Waals surface area contributed by atoms with Crippen molar-refractivity contribution >= 4 is 32.3 Å². The molecule has 0 saturated heterocycles. The van der Waals surface area contributed by atoms with Crippen molar-refractivity contribution in [3.8, 4) is 33.4 Å². The first-order chi connectivity index (χ1) is 20.7. The lowest BCUT2D eigenvalue weighted by atomic mass is 9.80. The van der Waals surface area contributed by atoms with E-state index in [-0.39, 0.29) is 17.6 Å². The van der Waals surface area contributed by atoms with Gasteiger partial charge in [-0.15, -0.1) is 0 Å². The van der Waals surface area contributed by atoms with E-state index < -0.39 is 0 Å². The Balaban J connectivity index is 1.55. The Bertz CT molecular complexity index is 2090. The van der Waals surface area contributed by atoms with Gasteiger partial charge in [-0.3, -0.25) is 0 Å². The summed E-state index contributed by atoms with van der Waals surface area (Å²) in [5.74, 6) is -0.251. The zero-order chi connectivity index (χ0) is 28.2. The fraction of sp³-hybridized carbons (Fsp3) is 0.0500. The summed E-state index contributed by atoms with van der Waals surface area (Å²) in [4.78, 5) is 0. The van der Waals surface area contributed by atoms with Gasteiger partial charge in [0, 0.05) is 5.92 Å². The Morgan fingerprint density at radius 1 is 0.476 bits per heavy atom. The smallest absolute Gasteiger partial charge is 0.123 e. The molecular weight excluding hydrogens is 518 g/mol. The van der Waals surface area contributed by atoms with Crippen LogP contribution >= 0.6 is 0 Å². The van der Waals surface area contributed by atoms with E-state index in [1.165, 1.54) is 62.5 Å². The Labute approximate surface area is 243 Å². The molecule has 1 atom stereocenters. The van der Waals surface area contributed by atoms with E-state index in [0.717, 1.165) is 39.4 Å². The summed E-state index contributed by atoms with van der Waals surface area (Å²) in [6, 6.07) is 37.5. The summed E-state index contributed by atoms with van der Waals surface area (Å²) in [6.45, 7) is 0. The summed E-state index contributed by atoms with van der Waals surface area (Å²) in [7, 11) is 0. The van der Waals surface area contributed by atoms with Crippen LogP contribution in [0.5, 0.6) is 0 Å². The minimum Gasteiger partial charge on any atom is -0.207 e. The van der Waals surface area contributed by atoms with Crippen LogP contribution in [-0.2, 0) is 0 Å². The minimum atomic E-state index is -0.262.